The molecule has 0 saturated carbocycles. The number of nitrogens with one attached hydrogen (secondary N) is 1. The fourth-order valence-corrected chi connectivity index (χ4v) is 1.84. The Balaban J connectivity index is 1.97. The number of hydrogen-bond acceptors (Lipinski definition) is 4. The molecule has 2 heterocycles. The van der Waals surface area contributed by atoms with Crippen molar-refractivity contribution in [1.29, 1.82) is 0 Å². The Morgan fingerprint density at radius 1 is 1.47 bits per heavy atom. The molecule has 0 fully saturated rings. The number of hydrogen-bond donors (Lipinski definition) is 2. The number of aryl methyl sites for hydroxylation is 2. The highest BCUT2D eigenvalue weighted by Gasteiger charge is 2.10. The predicted octanol–water partition coefficient (Wildman–Crippen LogP) is 0.952. The van der Waals surface area contributed by atoms with Gasteiger partial charge in [0.2, 0.25) is 0 Å². The topological polar surface area (TPSA) is 68.8 Å². The molecule has 90 valence electrons. The fraction of sp³-hybridized carbons (Fsp3) is 0.333. The third-order valence-electron chi connectivity index (χ3n) is 2.77. The van der Waals surface area contributed by atoms with Gasteiger partial charge in [-0.25, -0.2) is 0 Å². The van der Waals surface area contributed by atoms with Crippen LogP contribution in [0.3, 0.4) is 0 Å². The van der Waals surface area contributed by atoms with Crippen LogP contribution in [0.1, 0.15) is 23.6 Å². The lowest BCUT2D eigenvalue weighted by Gasteiger charge is -2.15. The van der Waals surface area contributed by atoms with Crippen molar-refractivity contribution >= 4 is 0 Å². The second kappa shape index (κ2) is 5.56. The Bertz CT molecular complexity index is 451. The van der Waals surface area contributed by atoms with E-state index in [1.165, 1.54) is 5.56 Å². The van der Waals surface area contributed by atoms with Crippen molar-refractivity contribution in [3.63, 3.8) is 0 Å². The van der Waals surface area contributed by atoms with Crippen molar-refractivity contribution in [1.82, 2.24) is 20.2 Å². The van der Waals surface area contributed by atoms with E-state index in [0.717, 1.165) is 18.4 Å². The molecule has 0 saturated heterocycles. The number of hydrazine groups is 1. The van der Waals surface area contributed by atoms with Gasteiger partial charge in [0.25, 0.3) is 0 Å². The van der Waals surface area contributed by atoms with Crippen molar-refractivity contribution < 1.29 is 0 Å². The molecule has 0 aliphatic rings. The number of aromatic nitrogens is 3. The fourth-order valence-electron chi connectivity index (χ4n) is 1.84. The van der Waals surface area contributed by atoms with Crippen LogP contribution in [0.25, 0.3) is 0 Å². The van der Waals surface area contributed by atoms with Crippen molar-refractivity contribution in [3.8, 4) is 0 Å². The maximum atomic E-state index is 5.58. The molecule has 1 atom stereocenters. The quantitative estimate of drug-likeness (QED) is 0.594. The minimum Gasteiger partial charge on any atom is -0.276 e. The molecule has 0 radical (unpaired) electrons. The van der Waals surface area contributed by atoms with Crippen molar-refractivity contribution in [2.75, 3.05) is 0 Å². The third-order valence-corrected chi connectivity index (χ3v) is 2.77. The third kappa shape index (κ3) is 3.12. The monoisotopic (exact) mass is 231 g/mol. The van der Waals surface area contributed by atoms with E-state index in [1.54, 1.807) is 6.20 Å². The molecule has 5 heteroatoms. The van der Waals surface area contributed by atoms with Gasteiger partial charge in [-0.1, -0.05) is 6.07 Å². The van der Waals surface area contributed by atoms with Gasteiger partial charge in [-0.3, -0.25) is 20.9 Å². The zero-order chi connectivity index (χ0) is 12.1. The Hall–Kier alpha value is -1.72. The van der Waals surface area contributed by atoms with Gasteiger partial charge < -0.3 is 0 Å². The number of pyridine rings is 1. The van der Waals surface area contributed by atoms with E-state index < -0.39 is 0 Å². The first-order valence-electron chi connectivity index (χ1n) is 5.63. The van der Waals surface area contributed by atoms with Gasteiger partial charge in [0, 0.05) is 31.7 Å². The normalized spacial score (nSPS) is 12.6. The summed E-state index contributed by atoms with van der Waals surface area (Å²) in [5.41, 5.74) is 5.16. The van der Waals surface area contributed by atoms with Crippen LogP contribution in [0.5, 0.6) is 0 Å². The van der Waals surface area contributed by atoms with E-state index in [1.807, 2.05) is 42.5 Å². The predicted molar refractivity (Wildman–Crippen MR) is 65.8 cm³/mol. The number of nitrogens with two attached hydrogens (primary N) is 1. The molecule has 0 bridgehead atoms. The zero-order valence-corrected chi connectivity index (χ0v) is 9.87. The van der Waals surface area contributed by atoms with Crippen LogP contribution >= 0.6 is 0 Å². The maximum Gasteiger partial charge on any atom is 0.0521 e. The van der Waals surface area contributed by atoms with Crippen LogP contribution in [0.4, 0.5) is 0 Å². The molecule has 5 nitrogen and oxygen atoms in total. The molecule has 0 aromatic carbocycles. The lowest BCUT2D eigenvalue weighted by atomic mass is 10.0. The van der Waals surface area contributed by atoms with Crippen LogP contribution in [0.2, 0.25) is 0 Å². The first-order valence-corrected chi connectivity index (χ1v) is 5.63. The molecule has 2 rings (SSSR count). The average molecular weight is 231 g/mol. The highest BCUT2D eigenvalue weighted by Crippen LogP contribution is 2.17. The first-order chi connectivity index (χ1) is 8.29. The molecule has 2 aromatic rings. The summed E-state index contributed by atoms with van der Waals surface area (Å²) in [6, 6.07) is 4.08. The lowest BCUT2D eigenvalue weighted by molar-refractivity contribution is 0.515. The van der Waals surface area contributed by atoms with Crippen LogP contribution in [-0.4, -0.2) is 14.8 Å². The summed E-state index contributed by atoms with van der Waals surface area (Å²) in [4.78, 5) is 4.10. The Labute approximate surface area is 101 Å². The molecule has 0 aliphatic heterocycles. The van der Waals surface area contributed by atoms with Gasteiger partial charge in [0.05, 0.1) is 6.20 Å². The van der Waals surface area contributed by atoms with E-state index >= 15 is 0 Å². The molecular weight excluding hydrogens is 214 g/mol. The second-order valence-electron chi connectivity index (χ2n) is 4.07. The van der Waals surface area contributed by atoms with Gasteiger partial charge >= 0.3 is 0 Å². The molecule has 0 spiro atoms. The summed E-state index contributed by atoms with van der Waals surface area (Å²) in [5, 5.41) is 4.15. The van der Waals surface area contributed by atoms with E-state index in [0.29, 0.717) is 0 Å². The molecule has 3 N–H and O–H groups in total. The average Bonchev–Trinajstić information content (AvgIpc) is 2.77. The van der Waals surface area contributed by atoms with E-state index in [2.05, 4.69) is 15.5 Å². The summed E-state index contributed by atoms with van der Waals surface area (Å²) in [6.07, 6.45) is 9.38. The highest BCUT2D eigenvalue weighted by atomic mass is 15.2. The molecule has 0 aliphatic carbocycles. The van der Waals surface area contributed by atoms with Crippen LogP contribution < -0.4 is 11.3 Å². The van der Waals surface area contributed by atoms with Crippen molar-refractivity contribution in [3.05, 3.63) is 48.0 Å². The minimum atomic E-state index is 0.129. The second-order valence-corrected chi connectivity index (χ2v) is 4.07. The number of rotatable bonds is 5. The summed E-state index contributed by atoms with van der Waals surface area (Å²) in [7, 11) is 1.92. The molecule has 0 amide bonds. The van der Waals surface area contributed by atoms with Gasteiger partial charge in [0.1, 0.15) is 0 Å². The van der Waals surface area contributed by atoms with Crippen molar-refractivity contribution in [2.24, 2.45) is 12.9 Å². The van der Waals surface area contributed by atoms with Gasteiger partial charge in [-0.2, -0.15) is 5.10 Å². The van der Waals surface area contributed by atoms with Crippen LogP contribution in [0, 0.1) is 0 Å². The van der Waals surface area contributed by atoms with E-state index in [9.17, 15) is 0 Å². The first kappa shape index (κ1) is 11.8. The largest absolute Gasteiger partial charge is 0.276 e. The maximum absolute atomic E-state index is 5.58. The molecule has 1 unspecified atom stereocenters. The number of nitrogens with zero attached hydrogens (tertiary/aromatic N) is 3. The Morgan fingerprint density at radius 2 is 2.35 bits per heavy atom. The van der Waals surface area contributed by atoms with Gasteiger partial charge in [-0.05, 0) is 30.0 Å². The Morgan fingerprint density at radius 3 is 2.94 bits per heavy atom. The lowest BCUT2D eigenvalue weighted by Crippen LogP contribution is -2.28. The Kier molecular flexibility index (Phi) is 3.85. The van der Waals surface area contributed by atoms with Gasteiger partial charge in [-0.15, -0.1) is 0 Å². The molecule has 17 heavy (non-hydrogen) atoms. The standard InChI is InChI=1S/C12H17N5/c1-17-9-10(7-15-17)4-5-12(16-13)11-3-2-6-14-8-11/h2-3,6-9,12,16H,4-5,13H2,1H3. The van der Waals surface area contributed by atoms with Crippen LogP contribution in [0.15, 0.2) is 36.9 Å². The van der Waals surface area contributed by atoms with Crippen LogP contribution in [-0.2, 0) is 13.5 Å². The highest BCUT2D eigenvalue weighted by molar-refractivity contribution is 5.14. The molecule has 2 aromatic heterocycles. The summed E-state index contributed by atoms with van der Waals surface area (Å²) >= 11 is 0. The van der Waals surface area contributed by atoms with E-state index in [4.69, 9.17) is 5.84 Å². The van der Waals surface area contributed by atoms with Crippen molar-refractivity contribution in [2.45, 2.75) is 18.9 Å². The minimum absolute atomic E-state index is 0.129. The zero-order valence-electron chi connectivity index (χ0n) is 9.87. The van der Waals surface area contributed by atoms with Gasteiger partial charge in [0.15, 0.2) is 0 Å². The summed E-state index contributed by atoms with van der Waals surface area (Å²) in [6.45, 7) is 0. The SMILES string of the molecule is Cn1cc(CCC(NN)c2cccnc2)cn1. The molecular formula is C12H17N5. The smallest absolute Gasteiger partial charge is 0.0521 e. The van der Waals surface area contributed by atoms with E-state index in [-0.39, 0.29) is 6.04 Å². The summed E-state index contributed by atoms with van der Waals surface area (Å²) < 4.78 is 1.81. The summed E-state index contributed by atoms with van der Waals surface area (Å²) in [5.74, 6) is 5.58.